The van der Waals surface area contributed by atoms with Crippen LogP contribution < -0.4 is 15.8 Å². The first-order valence-corrected chi connectivity index (χ1v) is 13.7. The largest absolute Gasteiger partial charge is 0.304 e. The number of likely N-dealkylation sites (N-methyl/N-ethyl adjacent to an activating group) is 1. The van der Waals surface area contributed by atoms with Crippen LogP contribution in [0.15, 0.2) is 60.7 Å². The van der Waals surface area contributed by atoms with Crippen molar-refractivity contribution in [3.63, 3.8) is 0 Å². The van der Waals surface area contributed by atoms with E-state index in [1.54, 1.807) is 21.0 Å². The Morgan fingerprint density at radius 3 is 2.43 bits per heavy atom. The summed E-state index contributed by atoms with van der Waals surface area (Å²) in [6.45, 7) is 5.14. The molecule has 2 N–H and O–H groups in total. The second-order valence-electron chi connectivity index (χ2n) is 9.10. The van der Waals surface area contributed by atoms with Gasteiger partial charge in [-0.2, -0.15) is 2.90 Å². The van der Waals surface area contributed by atoms with E-state index in [2.05, 4.69) is 55.6 Å². The molecule has 2 amide bonds. The van der Waals surface area contributed by atoms with E-state index in [1.165, 1.54) is 16.9 Å². The minimum absolute atomic E-state index is 0.225. The number of hydrogen-bond acceptors (Lipinski definition) is 7. The van der Waals surface area contributed by atoms with Crippen molar-refractivity contribution in [1.82, 2.24) is 23.2 Å². The van der Waals surface area contributed by atoms with Gasteiger partial charge in [0, 0.05) is 45.3 Å². The van der Waals surface area contributed by atoms with E-state index in [0.717, 1.165) is 48.6 Å². The van der Waals surface area contributed by atoms with Gasteiger partial charge in [-0.05, 0) is 42.9 Å². The first kappa shape index (κ1) is 25.6. The Morgan fingerprint density at radius 2 is 1.73 bits per heavy atom. The molecule has 1 aliphatic heterocycles. The molecule has 0 radical (unpaired) electrons. The van der Waals surface area contributed by atoms with E-state index in [9.17, 15) is 9.59 Å². The second-order valence-corrected chi connectivity index (χ2v) is 11.0. The molecule has 3 heterocycles. The minimum atomic E-state index is -0.233. The number of carbonyl (C=O) groups excluding carboxylic acids is 2. The summed E-state index contributed by atoms with van der Waals surface area (Å²) in [5.41, 5.74) is 5.51. The topological polar surface area (TPSA) is 85.7 Å². The Morgan fingerprint density at radius 1 is 1.03 bits per heavy atom. The molecule has 0 unspecified atom stereocenters. The third kappa shape index (κ3) is 5.95. The fourth-order valence-electron chi connectivity index (χ4n) is 4.21. The molecule has 1 saturated heterocycles. The molecule has 1 aliphatic rings. The predicted molar refractivity (Wildman–Crippen MR) is 157 cm³/mol. The molecule has 4 aromatic rings. The average molecular weight is 630 g/mol. The summed E-state index contributed by atoms with van der Waals surface area (Å²) in [7, 11) is 3.94. The number of hydrazine groups is 1. The predicted octanol–water partition coefficient (Wildman–Crippen LogP) is 4.08. The van der Waals surface area contributed by atoms with E-state index in [0.29, 0.717) is 16.3 Å². The summed E-state index contributed by atoms with van der Waals surface area (Å²) in [6.07, 6.45) is 0. The average Bonchev–Trinajstić information content (AvgIpc) is 3.47. The number of thiophene rings is 1. The number of nitrogens with one attached hydrogen (secondary N) is 2. The van der Waals surface area contributed by atoms with Gasteiger partial charge in [0.25, 0.3) is 11.8 Å². The van der Waals surface area contributed by atoms with Crippen LogP contribution in [0.2, 0.25) is 0 Å². The van der Waals surface area contributed by atoms with E-state index < -0.39 is 0 Å². The number of anilines is 2. The van der Waals surface area contributed by atoms with Crippen LogP contribution in [0.1, 0.15) is 25.6 Å². The Bertz CT molecular complexity index is 1400. The summed E-state index contributed by atoms with van der Waals surface area (Å²) >= 11 is 3.39. The standard InChI is InChI=1S/C26H28IN7O2S/c1-31-12-14-33(15-13-31)17-18-8-10-19(11-9-18)24(35)28-23-21-16-22(37-26(21)34(27)29-23)25(36)30-32(2)20-6-4-3-5-7-20/h3-11,16H,12-15,17H2,1-2H3,(H,30,36)(H,28,29,35). The number of para-hydroxylation sites is 1. The molecular formula is C26H28IN7O2S. The maximum Gasteiger partial charge on any atom is 0.279 e. The lowest BCUT2D eigenvalue weighted by Crippen LogP contribution is -2.43. The lowest BCUT2D eigenvalue weighted by molar-refractivity contribution is 0.0954. The monoisotopic (exact) mass is 629 g/mol. The lowest BCUT2D eigenvalue weighted by atomic mass is 10.1. The van der Waals surface area contributed by atoms with Crippen LogP contribution in [0.5, 0.6) is 0 Å². The van der Waals surface area contributed by atoms with Crippen LogP contribution in [0.25, 0.3) is 10.2 Å². The number of benzene rings is 2. The van der Waals surface area contributed by atoms with Crippen molar-refractivity contribution in [2.75, 3.05) is 50.6 Å². The summed E-state index contributed by atoms with van der Waals surface area (Å²) in [5.74, 6) is -0.0247. The smallest absolute Gasteiger partial charge is 0.279 e. The molecular weight excluding hydrogens is 601 g/mol. The zero-order chi connectivity index (χ0) is 25.9. The van der Waals surface area contributed by atoms with E-state index >= 15 is 0 Å². The number of fused-ring (bicyclic) bond motifs is 1. The van der Waals surface area contributed by atoms with Crippen molar-refractivity contribution in [2.24, 2.45) is 0 Å². The highest BCUT2D eigenvalue weighted by Gasteiger charge is 2.20. The Hall–Kier alpha value is -3.00. The molecule has 9 nitrogen and oxygen atoms in total. The molecule has 1 fully saturated rings. The maximum atomic E-state index is 13.0. The number of nitrogens with zero attached hydrogens (tertiary/aromatic N) is 5. The molecule has 2 aromatic heterocycles. The van der Waals surface area contributed by atoms with Crippen molar-refractivity contribution in [3.8, 4) is 0 Å². The van der Waals surface area contributed by atoms with Crippen molar-refractivity contribution >= 4 is 67.7 Å². The van der Waals surface area contributed by atoms with Crippen LogP contribution in [0.4, 0.5) is 11.5 Å². The van der Waals surface area contributed by atoms with Crippen LogP contribution in [0, 0.1) is 0 Å². The molecule has 0 atom stereocenters. The molecule has 0 bridgehead atoms. The summed E-state index contributed by atoms with van der Waals surface area (Å²) in [4.78, 5) is 32.0. The van der Waals surface area contributed by atoms with E-state index in [-0.39, 0.29) is 11.8 Å². The molecule has 37 heavy (non-hydrogen) atoms. The van der Waals surface area contributed by atoms with Crippen LogP contribution in [-0.2, 0) is 6.54 Å². The maximum absolute atomic E-state index is 13.0. The summed E-state index contributed by atoms with van der Waals surface area (Å²) < 4.78 is 1.66. The van der Waals surface area contributed by atoms with E-state index in [1.807, 2.05) is 54.6 Å². The number of carbonyl (C=O) groups is 2. The van der Waals surface area contributed by atoms with Gasteiger partial charge in [0.15, 0.2) is 5.82 Å². The molecule has 0 aliphatic carbocycles. The van der Waals surface area contributed by atoms with Crippen molar-refractivity contribution in [3.05, 3.63) is 76.7 Å². The van der Waals surface area contributed by atoms with Gasteiger partial charge >= 0.3 is 0 Å². The normalized spacial score (nSPS) is 14.6. The number of piperazine rings is 1. The van der Waals surface area contributed by atoms with Crippen LogP contribution in [0.3, 0.4) is 0 Å². The van der Waals surface area contributed by atoms with Gasteiger partial charge in [-0.1, -0.05) is 30.3 Å². The molecule has 11 heteroatoms. The number of amides is 2. The lowest BCUT2D eigenvalue weighted by Gasteiger charge is -2.32. The first-order valence-electron chi connectivity index (χ1n) is 12.0. The van der Waals surface area contributed by atoms with Gasteiger partial charge < -0.3 is 10.2 Å². The molecule has 192 valence electrons. The highest BCUT2D eigenvalue weighted by Crippen LogP contribution is 2.33. The Labute approximate surface area is 233 Å². The molecule has 0 spiro atoms. The molecule has 5 rings (SSSR count). The van der Waals surface area contributed by atoms with Gasteiger partial charge in [0.2, 0.25) is 0 Å². The van der Waals surface area contributed by atoms with Gasteiger partial charge in [-0.25, -0.2) is 0 Å². The Balaban J connectivity index is 1.25. The minimum Gasteiger partial charge on any atom is -0.304 e. The quantitative estimate of drug-likeness (QED) is 0.237. The zero-order valence-electron chi connectivity index (χ0n) is 20.6. The van der Waals surface area contributed by atoms with Gasteiger partial charge in [0.1, 0.15) is 4.83 Å². The zero-order valence-corrected chi connectivity index (χ0v) is 23.6. The van der Waals surface area contributed by atoms with Gasteiger partial charge in [-0.3, -0.25) is 24.9 Å². The van der Waals surface area contributed by atoms with Crippen molar-refractivity contribution in [2.45, 2.75) is 6.54 Å². The summed E-state index contributed by atoms with van der Waals surface area (Å²) in [6, 6.07) is 19.1. The molecule has 2 aromatic carbocycles. The fraction of sp³-hybridized carbons (Fsp3) is 0.269. The van der Waals surface area contributed by atoms with Crippen molar-refractivity contribution in [1.29, 1.82) is 0 Å². The summed E-state index contributed by atoms with van der Waals surface area (Å²) in [5, 5.41) is 9.78. The van der Waals surface area contributed by atoms with E-state index in [4.69, 9.17) is 0 Å². The number of rotatable bonds is 7. The number of halogens is 1. The highest BCUT2D eigenvalue weighted by molar-refractivity contribution is 14.1. The van der Waals surface area contributed by atoms with Gasteiger partial charge in [-0.15, -0.1) is 16.4 Å². The fourth-order valence-corrected chi connectivity index (χ4v) is 5.88. The SMILES string of the molecule is CN1CCN(Cc2ccc(C(=O)Nc3nn(I)c4sc(C(=O)NN(C)c5ccccc5)cc34)cc2)CC1. The number of hydrogen-bond donors (Lipinski definition) is 2. The Kier molecular flexibility index (Phi) is 7.74. The van der Waals surface area contributed by atoms with Gasteiger partial charge in [0.05, 0.1) is 38.8 Å². The third-order valence-electron chi connectivity index (χ3n) is 6.41. The second kappa shape index (κ2) is 11.2. The highest BCUT2D eigenvalue weighted by atomic mass is 127. The third-order valence-corrected chi connectivity index (χ3v) is 8.54. The first-order chi connectivity index (χ1) is 17.9. The molecule has 0 saturated carbocycles. The van der Waals surface area contributed by atoms with Crippen molar-refractivity contribution < 1.29 is 9.59 Å². The van der Waals surface area contributed by atoms with Crippen LogP contribution >= 0.6 is 34.2 Å². The number of aromatic nitrogens is 2. The van der Waals surface area contributed by atoms with Crippen LogP contribution in [-0.4, -0.2) is 69.9 Å².